The number of ether oxygens (including phenoxy) is 2. The van der Waals surface area contributed by atoms with Crippen LogP contribution >= 0.6 is 0 Å². The molecule has 2 N–H and O–H groups in total. The number of hydrogen-bond acceptors (Lipinski definition) is 6. The zero-order valence-electron chi connectivity index (χ0n) is 11.9. The van der Waals surface area contributed by atoms with E-state index in [1.807, 2.05) is 0 Å². The lowest BCUT2D eigenvalue weighted by Gasteiger charge is -2.30. The maximum absolute atomic E-state index is 10.0. The second-order valence-electron chi connectivity index (χ2n) is 6.50. The number of nitrogens with zero attached hydrogens (tertiary/aromatic N) is 3. The summed E-state index contributed by atoms with van der Waals surface area (Å²) in [6.45, 7) is 0.773. The SMILES string of the molecule is N#C[C@@]12C3(N=C(N)[C@]1(C#N)C21CCCCCC1)OCCO3. The molecule has 2 saturated carbocycles. The molecule has 21 heavy (non-hydrogen) atoms. The summed E-state index contributed by atoms with van der Waals surface area (Å²) < 4.78 is 11.5. The average molecular weight is 286 g/mol. The van der Waals surface area contributed by atoms with E-state index in [0.29, 0.717) is 13.2 Å². The first-order valence-electron chi connectivity index (χ1n) is 7.63. The predicted molar refractivity (Wildman–Crippen MR) is 72.5 cm³/mol. The van der Waals surface area contributed by atoms with Gasteiger partial charge in [0.15, 0.2) is 5.41 Å². The summed E-state index contributed by atoms with van der Waals surface area (Å²) in [7, 11) is 0. The summed E-state index contributed by atoms with van der Waals surface area (Å²) in [5.74, 6) is -1.12. The van der Waals surface area contributed by atoms with Crippen LogP contribution in [0, 0.1) is 38.9 Å². The van der Waals surface area contributed by atoms with Gasteiger partial charge in [0.2, 0.25) is 0 Å². The van der Waals surface area contributed by atoms with E-state index in [9.17, 15) is 10.5 Å². The Labute approximate surface area is 123 Å². The second-order valence-corrected chi connectivity index (χ2v) is 6.50. The highest BCUT2D eigenvalue weighted by molar-refractivity contribution is 6.00. The molecular formula is C15H18N4O2. The highest BCUT2D eigenvalue weighted by Crippen LogP contribution is 2.88. The zero-order valence-corrected chi connectivity index (χ0v) is 11.9. The van der Waals surface area contributed by atoms with Crippen LogP contribution in [0.2, 0.25) is 0 Å². The summed E-state index contributed by atoms with van der Waals surface area (Å²) in [5, 5.41) is 19.9. The monoisotopic (exact) mass is 286 g/mol. The smallest absolute Gasteiger partial charge is 0.293 e. The van der Waals surface area contributed by atoms with Crippen molar-refractivity contribution >= 4 is 5.84 Å². The van der Waals surface area contributed by atoms with Gasteiger partial charge in [-0.05, 0) is 12.8 Å². The van der Waals surface area contributed by atoms with Crippen molar-refractivity contribution in [1.29, 1.82) is 10.5 Å². The summed E-state index contributed by atoms with van der Waals surface area (Å²) >= 11 is 0. The minimum Gasteiger partial charge on any atom is -0.386 e. The lowest BCUT2D eigenvalue weighted by molar-refractivity contribution is -0.192. The number of amidine groups is 1. The van der Waals surface area contributed by atoms with Crippen LogP contribution in [0.25, 0.3) is 0 Å². The summed E-state index contributed by atoms with van der Waals surface area (Å²) in [5.41, 5.74) is 3.58. The molecule has 6 heteroatoms. The molecule has 3 fully saturated rings. The standard InChI is InChI=1S/C15H18N4O2/c16-9-13-11(18)19-15(20-7-8-21-15)14(13,10-17)12(13)5-3-1-2-4-6-12/h1-8H2,(H2,18,19)/t13-,14+/m1/s1. The van der Waals surface area contributed by atoms with Crippen LogP contribution in [0.4, 0.5) is 0 Å². The van der Waals surface area contributed by atoms with Crippen LogP contribution < -0.4 is 5.73 Å². The molecule has 2 heterocycles. The van der Waals surface area contributed by atoms with E-state index < -0.39 is 22.2 Å². The van der Waals surface area contributed by atoms with E-state index in [0.717, 1.165) is 38.5 Å². The van der Waals surface area contributed by atoms with Gasteiger partial charge in [-0.1, -0.05) is 25.7 Å². The van der Waals surface area contributed by atoms with Gasteiger partial charge in [-0.3, -0.25) is 0 Å². The Morgan fingerprint density at radius 1 is 1.00 bits per heavy atom. The third kappa shape index (κ3) is 1.02. The average Bonchev–Trinajstić information content (AvgIpc) is 2.72. The minimum absolute atomic E-state index is 0.232. The van der Waals surface area contributed by atoms with Crippen molar-refractivity contribution in [2.45, 2.75) is 44.4 Å². The van der Waals surface area contributed by atoms with Crippen molar-refractivity contribution in [3.63, 3.8) is 0 Å². The van der Waals surface area contributed by atoms with Gasteiger partial charge >= 0.3 is 0 Å². The molecule has 2 spiro atoms. The van der Waals surface area contributed by atoms with Crippen LogP contribution in [-0.4, -0.2) is 25.0 Å². The fourth-order valence-corrected chi connectivity index (χ4v) is 5.27. The Hall–Kier alpha value is -1.63. The molecule has 6 nitrogen and oxygen atoms in total. The van der Waals surface area contributed by atoms with E-state index in [1.54, 1.807) is 0 Å². The predicted octanol–water partition coefficient (Wildman–Crippen LogP) is 1.43. The first kappa shape index (κ1) is 13.1. The van der Waals surface area contributed by atoms with E-state index >= 15 is 0 Å². The molecule has 4 aliphatic rings. The van der Waals surface area contributed by atoms with Gasteiger partial charge in [-0.2, -0.15) is 10.5 Å². The number of rotatable bonds is 0. The molecule has 4 rings (SSSR count). The maximum Gasteiger partial charge on any atom is 0.293 e. The Bertz CT molecular complexity index is 602. The van der Waals surface area contributed by atoms with Crippen LogP contribution in [0.15, 0.2) is 4.99 Å². The van der Waals surface area contributed by atoms with Gasteiger partial charge in [0.1, 0.15) is 11.3 Å². The van der Waals surface area contributed by atoms with Crippen molar-refractivity contribution < 1.29 is 9.47 Å². The number of fused-ring (bicyclic) bond motifs is 4. The van der Waals surface area contributed by atoms with Gasteiger partial charge in [0.25, 0.3) is 5.91 Å². The molecule has 0 radical (unpaired) electrons. The Morgan fingerprint density at radius 2 is 1.62 bits per heavy atom. The summed E-state index contributed by atoms with van der Waals surface area (Å²) in [6.07, 6.45) is 5.93. The fraction of sp³-hybridized carbons (Fsp3) is 0.800. The van der Waals surface area contributed by atoms with Crippen molar-refractivity contribution in [3.05, 3.63) is 0 Å². The molecule has 0 aromatic rings. The zero-order chi connectivity index (χ0) is 14.8. The molecule has 2 aliphatic heterocycles. The minimum atomic E-state index is -1.36. The van der Waals surface area contributed by atoms with Gasteiger partial charge in [-0.25, -0.2) is 4.99 Å². The fourth-order valence-electron chi connectivity index (χ4n) is 5.27. The lowest BCUT2D eigenvalue weighted by Crippen LogP contribution is -2.41. The van der Waals surface area contributed by atoms with Crippen LogP contribution in [0.5, 0.6) is 0 Å². The number of hydrogen-bond donors (Lipinski definition) is 1. The quantitative estimate of drug-likeness (QED) is 0.725. The number of nitriles is 2. The van der Waals surface area contributed by atoms with Crippen LogP contribution in [0.3, 0.4) is 0 Å². The topological polar surface area (TPSA) is 104 Å². The molecule has 0 unspecified atom stereocenters. The molecule has 0 bridgehead atoms. The number of nitrogens with two attached hydrogens (primary N) is 1. The third-order valence-electron chi connectivity index (χ3n) is 6.03. The first-order chi connectivity index (χ1) is 10.2. The molecule has 110 valence electrons. The highest BCUT2D eigenvalue weighted by Gasteiger charge is 3.00. The Kier molecular flexibility index (Phi) is 2.34. The molecular weight excluding hydrogens is 268 g/mol. The summed E-state index contributed by atoms with van der Waals surface area (Å²) in [6, 6.07) is 4.75. The molecule has 2 aliphatic carbocycles. The molecule has 2 atom stereocenters. The van der Waals surface area contributed by atoms with Crippen molar-refractivity contribution in [2.75, 3.05) is 13.2 Å². The van der Waals surface area contributed by atoms with Gasteiger partial charge < -0.3 is 15.2 Å². The van der Waals surface area contributed by atoms with E-state index in [1.165, 1.54) is 0 Å². The normalized spacial score (nSPS) is 41.9. The Morgan fingerprint density at radius 3 is 2.14 bits per heavy atom. The third-order valence-corrected chi connectivity index (χ3v) is 6.03. The molecule has 0 aromatic carbocycles. The van der Waals surface area contributed by atoms with E-state index in [4.69, 9.17) is 15.2 Å². The van der Waals surface area contributed by atoms with Crippen LogP contribution in [-0.2, 0) is 9.47 Å². The molecule has 0 amide bonds. The molecule has 1 saturated heterocycles. The highest BCUT2D eigenvalue weighted by atomic mass is 16.8. The largest absolute Gasteiger partial charge is 0.386 e. The summed E-state index contributed by atoms with van der Waals surface area (Å²) in [4.78, 5) is 4.32. The number of aliphatic imine (C=N–C) groups is 1. The van der Waals surface area contributed by atoms with Crippen molar-refractivity contribution in [3.8, 4) is 12.1 Å². The maximum atomic E-state index is 10.0. The second kappa shape index (κ2) is 3.76. The van der Waals surface area contributed by atoms with Gasteiger partial charge in [0.05, 0.1) is 25.4 Å². The van der Waals surface area contributed by atoms with E-state index in [-0.39, 0.29) is 5.84 Å². The van der Waals surface area contributed by atoms with Gasteiger partial charge in [-0.15, -0.1) is 0 Å². The Balaban J connectivity index is 1.93. The van der Waals surface area contributed by atoms with Crippen LogP contribution in [0.1, 0.15) is 38.5 Å². The lowest BCUT2D eigenvalue weighted by atomic mass is 9.83. The van der Waals surface area contributed by atoms with E-state index in [2.05, 4.69) is 17.1 Å². The first-order valence-corrected chi connectivity index (χ1v) is 7.63. The van der Waals surface area contributed by atoms with Crippen molar-refractivity contribution in [2.24, 2.45) is 27.0 Å². The van der Waals surface area contributed by atoms with Gasteiger partial charge in [0, 0.05) is 5.41 Å². The molecule has 0 aromatic heterocycles. The van der Waals surface area contributed by atoms with Crippen molar-refractivity contribution in [1.82, 2.24) is 0 Å².